The number of hydrogen-bond acceptors (Lipinski definition) is 6. The summed E-state index contributed by atoms with van der Waals surface area (Å²) in [4.78, 5) is 24.1. The number of ether oxygens (including phenoxy) is 1. The topological polar surface area (TPSA) is 97.6 Å². The van der Waals surface area contributed by atoms with Crippen molar-refractivity contribution < 1.29 is 14.3 Å². The van der Waals surface area contributed by atoms with E-state index in [9.17, 15) is 9.59 Å². The van der Waals surface area contributed by atoms with Gasteiger partial charge in [0.1, 0.15) is 5.75 Å². The second-order valence-corrected chi connectivity index (χ2v) is 7.95. The quantitative estimate of drug-likeness (QED) is 0.357. The molecule has 2 aromatic carbocycles. The molecule has 2 aromatic heterocycles. The number of nitrogens with zero attached hydrogens (tertiary/aromatic N) is 3. The smallest absolute Gasteiger partial charge is 0.276 e. The van der Waals surface area contributed by atoms with E-state index in [2.05, 4.69) is 21.0 Å². The molecule has 4 aromatic rings. The summed E-state index contributed by atoms with van der Waals surface area (Å²) in [6.07, 6.45) is 0. The Morgan fingerprint density at radius 2 is 1.81 bits per heavy atom. The molecule has 0 saturated heterocycles. The van der Waals surface area contributed by atoms with Crippen LogP contribution in [0.15, 0.2) is 59.8 Å². The van der Waals surface area contributed by atoms with E-state index >= 15 is 0 Å². The number of aryl methyl sites for hydroxylation is 2. The fraction of sp³-hybridized carbons (Fsp3) is 0.182. The van der Waals surface area contributed by atoms with Gasteiger partial charge in [-0.05, 0) is 49.2 Å². The Bertz CT molecular complexity index is 1270. The summed E-state index contributed by atoms with van der Waals surface area (Å²) in [6, 6.07) is 17.3. The van der Waals surface area contributed by atoms with Crippen molar-refractivity contribution in [3.63, 3.8) is 0 Å². The number of rotatable bonds is 6. The van der Waals surface area contributed by atoms with Crippen LogP contribution in [0.2, 0.25) is 0 Å². The van der Waals surface area contributed by atoms with Gasteiger partial charge >= 0.3 is 0 Å². The summed E-state index contributed by atoms with van der Waals surface area (Å²) in [7, 11) is 0. The third-order valence-electron chi connectivity index (χ3n) is 4.61. The number of nitrogens with one attached hydrogen (secondary N) is 2. The first-order chi connectivity index (χ1) is 15.0. The van der Waals surface area contributed by atoms with Crippen LogP contribution in [0.1, 0.15) is 11.1 Å². The maximum absolute atomic E-state index is 12.2. The van der Waals surface area contributed by atoms with E-state index in [1.54, 1.807) is 6.07 Å². The van der Waals surface area contributed by atoms with E-state index in [-0.39, 0.29) is 18.3 Å². The fourth-order valence-corrected chi connectivity index (χ4v) is 3.92. The van der Waals surface area contributed by atoms with Crippen LogP contribution in [0.3, 0.4) is 0 Å². The lowest BCUT2D eigenvalue weighted by molar-refractivity contribution is -0.128. The second-order valence-electron chi connectivity index (χ2n) is 7.01. The number of para-hydroxylation sites is 1. The molecule has 0 aliphatic carbocycles. The fourth-order valence-electron chi connectivity index (χ4n) is 3.16. The minimum Gasteiger partial charge on any atom is -0.484 e. The van der Waals surface area contributed by atoms with Crippen molar-refractivity contribution in [1.82, 2.24) is 25.4 Å². The predicted octanol–water partition coefficient (Wildman–Crippen LogP) is 2.82. The van der Waals surface area contributed by atoms with E-state index in [0.717, 1.165) is 27.7 Å². The number of hydrogen-bond donors (Lipinski definition) is 2. The highest BCUT2D eigenvalue weighted by molar-refractivity contribution is 7.99. The minimum atomic E-state index is -0.450. The van der Waals surface area contributed by atoms with Crippen LogP contribution >= 0.6 is 11.8 Å². The number of benzene rings is 2. The molecule has 158 valence electrons. The Morgan fingerprint density at radius 3 is 2.65 bits per heavy atom. The molecule has 0 aliphatic heterocycles. The van der Waals surface area contributed by atoms with Gasteiger partial charge in [-0.15, -0.1) is 10.2 Å². The summed E-state index contributed by atoms with van der Waals surface area (Å²) in [5.41, 5.74) is 8.59. The van der Waals surface area contributed by atoms with Crippen LogP contribution < -0.4 is 15.6 Å². The molecule has 0 saturated carbocycles. The number of aromatic nitrogens is 3. The largest absolute Gasteiger partial charge is 0.484 e. The molecule has 2 amide bonds. The first-order valence-electron chi connectivity index (χ1n) is 9.65. The summed E-state index contributed by atoms with van der Waals surface area (Å²) in [5, 5.41) is 10.1. The number of hydrazine groups is 1. The molecule has 0 aliphatic rings. The van der Waals surface area contributed by atoms with Gasteiger partial charge < -0.3 is 4.74 Å². The SMILES string of the molecule is Cc1cccc(OCC(=O)NNC(=O)CSc2nnc3cc(C)c4ccccc4n23)c1. The predicted molar refractivity (Wildman–Crippen MR) is 119 cm³/mol. The molecule has 8 nitrogen and oxygen atoms in total. The molecule has 9 heteroatoms. The highest BCUT2D eigenvalue weighted by atomic mass is 32.2. The van der Waals surface area contributed by atoms with Crippen LogP contribution in [-0.4, -0.2) is 38.8 Å². The van der Waals surface area contributed by atoms with Gasteiger partial charge in [-0.25, -0.2) is 0 Å². The van der Waals surface area contributed by atoms with Crippen molar-refractivity contribution in [3.05, 3.63) is 65.7 Å². The molecular weight excluding hydrogens is 414 g/mol. The number of amides is 2. The lowest BCUT2D eigenvalue weighted by atomic mass is 10.1. The molecule has 0 bridgehead atoms. The number of fused-ring (bicyclic) bond motifs is 3. The van der Waals surface area contributed by atoms with Crippen molar-refractivity contribution in [2.24, 2.45) is 0 Å². The van der Waals surface area contributed by atoms with Crippen LogP contribution in [0.25, 0.3) is 16.6 Å². The van der Waals surface area contributed by atoms with Crippen molar-refractivity contribution in [2.45, 2.75) is 19.0 Å². The number of carbonyl (C=O) groups is 2. The number of carbonyl (C=O) groups excluding carboxylic acids is 2. The van der Waals surface area contributed by atoms with Gasteiger partial charge in [-0.1, -0.05) is 42.1 Å². The molecule has 0 atom stereocenters. The third kappa shape index (κ3) is 4.77. The molecule has 0 unspecified atom stereocenters. The normalized spacial score (nSPS) is 10.9. The highest BCUT2D eigenvalue weighted by Crippen LogP contribution is 2.25. The van der Waals surface area contributed by atoms with Gasteiger partial charge in [-0.2, -0.15) is 0 Å². The van der Waals surface area contributed by atoms with E-state index in [1.807, 2.05) is 66.8 Å². The Kier molecular flexibility index (Phi) is 6.03. The van der Waals surface area contributed by atoms with Gasteiger partial charge in [0, 0.05) is 5.39 Å². The molecule has 31 heavy (non-hydrogen) atoms. The Balaban J connectivity index is 1.32. The van der Waals surface area contributed by atoms with Crippen molar-refractivity contribution in [1.29, 1.82) is 0 Å². The third-order valence-corrected chi connectivity index (χ3v) is 5.54. The van der Waals surface area contributed by atoms with Gasteiger partial charge in [0.15, 0.2) is 17.4 Å². The van der Waals surface area contributed by atoms with Crippen LogP contribution in [0, 0.1) is 13.8 Å². The Morgan fingerprint density at radius 1 is 1.00 bits per heavy atom. The van der Waals surface area contributed by atoms with Crippen LogP contribution in [0.4, 0.5) is 0 Å². The molecule has 2 heterocycles. The van der Waals surface area contributed by atoms with Gasteiger partial charge in [0.2, 0.25) is 5.91 Å². The van der Waals surface area contributed by atoms with Gasteiger partial charge in [0.05, 0.1) is 11.3 Å². The average Bonchev–Trinajstić information content (AvgIpc) is 3.18. The Hall–Kier alpha value is -3.59. The summed E-state index contributed by atoms with van der Waals surface area (Å²) in [6.45, 7) is 3.77. The monoisotopic (exact) mass is 435 g/mol. The highest BCUT2D eigenvalue weighted by Gasteiger charge is 2.13. The molecule has 0 spiro atoms. The minimum absolute atomic E-state index is 0.0714. The standard InChI is InChI=1S/C22H21N5O3S/c1-14-6-5-7-16(10-14)30-12-20(28)24-25-21(29)13-31-22-26-23-19-11-15(2)17-8-3-4-9-18(17)27(19)22/h3-11H,12-13H2,1-2H3,(H,24,28)(H,25,29). The van der Waals surface area contributed by atoms with E-state index in [1.165, 1.54) is 11.8 Å². The van der Waals surface area contributed by atoms with E-state index < -0.39 is 5.91 Å². The summed E-state index contributed by atoms with van der Waals surface area (Å²) >= 11 is 1.24. The molecule has 0 fully saturated rings. The lowest BCUT2D eigenvalue weighted by Gasteiger charge is -2.09. The number of thioether (sulfide) groups is 1. The number of pyridine rings is 1. The van der Waals surface area contributed by atoms with Gasteiger partial charge in [0.25, 0.3) is 5.91 Å². The van der Waals surface area contributed by atoms with E-state index in [4.69, 9.17) is 4.74 Å². The molecule has 2 N–H and O–H groups in total. The zero-order valence-corrected chi connectivity index (χ0v) is 17.9. The first-order valence-corrected chi connectivity index (χ1v) is 10.6. The van der Waals surface area contributed by atoms with Crippen LogP contribution in [-0.2, 0) is 9.59 Å². The van der Waals surface area contributed by atoms with Crippen molar-refractivity contribution >= 4 is 40.1 Å². The van der Waals surface area contributed by atoms with E-state index in [0.29, 0.717) is 10.9 Å². The average molecular weight is 436 g/mol. The van der Waals surface area contributed by atoms with Crippen molar-refractivity contribution in [2.75, 3.05) is 12.4 Å². The zero-order chi connectivity index (χ0) is 21.8. The Labute approximate surface area is 183 Å². The van der Waals surface area contributed by atoms with Crippen LogP contribution in [0.5, 0.6) is 5.75 Å². The first kappa shape index (κ1) is 20.7. The zero-order valence-electron chi connectivity index (χ0n) is 17.1. The summed E-state index contributed by atoms with van der Waals surface area (Å²) < 4.78 is 7.33. The maximum Gasteiger partial charge on any atom is 0.276 e. The molecule has 0 radical (unpaired) electrons. The lowest BCUT2D eigenvalue weighted by Crippen LogP contribution is -2.44. The molecular formula is C22H21N5O3S. The second kappa shape index (κ2) is 9.05. The van der Waals surface area contributed by atoms with Crippen molar-refractivity contribution in [3.8, 4) is 5.75 Å². The molecule has 4 rings (SSSR count). The maximum atomic E-state index is 12.2. The van der Waals surface area contributed by atoms with Gasteiger partial charge in [-0.3, -0.25) is 24.8 Å². The summed E-state index contributed by atoms with van der Waals surface area (Å²) in [5.74, 6) is -0.142.